The van der Waals surface area contributed by atoms with Gasteiger partial charge in [-0.25, -0.2) is 0 Å². The van der Waals surface area contributed by atoms with Crippen LogP contribution < -0.4 is 5.32 Å². The first-order chi connectivity index (χ1) is 11.8. The Balaban J connectivity index is 2.55. The van der Waals surface area contributed by atoms with E-state index in [0.717, 1.165) is 36.5 Å². The Morgan fingerprint density at radius 1 is 1.00 bits per heavy atom. The second-order valence-electron chi connectivity index (χ2n) is 7.24. The van der Waals surface area contributed by atoms with Crippen molar-refractivity contribution in [2.45, 2.75) is 52.4 Å². The summed E-state index contributed by atoms with van der Waals surface area (Å²) in [6, 6.07) is 7.61. The predicted molar refractivity (Wildman–Crippen MR) is 107 cm³/mol. The molecule has 0 heterocycles. The predicted octanol–water partition coefficient (Wildman–Crippen LogP) is 4.66. The Morgan fingerprint density at radius 2 is 1.52 bits per heavy atom. The first-order valence-corrected chi connectivity index (χ1v) is 10.0. The number of hydrogen-bond donors (Lipinski definition) is 1. The lowest BCUT2D eigenvalue weighted by molar-refractivity contribution is -0.128. The quantitative estimate of drug-likeness (QED) is 0.614. The molecule has 25 heavy (non-hydrogen) atoms. The maximum Gasteiger partial charge on any atom is 0.232 e. The molecule has 0 saturated carbocycles. The van der Waals surface area contributed by atoms with Crippen LogP contribution in [-0.2, 0) is 9.59 Å². The van der Waals surface area contributed by atoms with Crippen LogP contribution in [0.15, 0.2) is 29.2 Å². The van der Waals surface area contributed by atoms with Crippen LogP contribution in [0.3, 0.4) is 0 Å². The summed E-state index contributed by atoms with van der Waals surface area (Å²) >= 11 is 1.55. The molecule has 0 aliphatic heterocycles. The molecule has 0 spiro atoms. The largest absolute Gasteiger partial charge is 0.342 e. The zero-order valence-corrected chi connectivity index (χ0v) is 17.0. The molecule has 5 heteroatoms. The summed E-state index contributed by atoms with van der Waals surface area (Å²) in [5.74, 6) is 1.78. The normalized spacial score (nSPS) is 11.0. The van der Waals surface area contributed by atoms with E-state index < -0.39 is 0 Å². The van der Waals surface area contributed by atoms with Crippen molar-refractivity contribution >= 4 is 29.3 Å². The minimum absolute atomic E-state index is 0.0819. The molecule has 1 aromatic rings. The fraction of sp³-hybridized carbons (Fsp3) is 0.600. The van der Waals surface area contributed by atoms with E-state index in [1.165, 1.54) is 6.92 Å². The van der Waals surface area contributed by atoms with E-state index >= 15 is 0 Å². The highest BCUT2D eigenvalue weighted by atomic mass is 32.2. The Labute approximate surface area is 156 Å². The third kappa shape index (κ3) is 9.54. The van der Waals surface area contributed by atoms with Crippen LogP contribution in [0.4, 0.5) is 5.69 Å². The molecular weight excluding hydrogens is 332 g/mol. The van der Waals surface area contributed by atoms with Gasteiger partial charge in [-0.3, -0.25) is 9.59 Å². The number of rotatable bonds is 10. The highest BCUT2D eigenvalue weighted by Crippen LogP contribution is 2.21. The summed E-state index contributed by atoms with van der Waals surface area (Å²) in [5.41, 5.74) is 0.777. The fourth-order valence-electron chi connectivity index (χ4n) is 2.26. The molecule has 0 aliphatic rings. The lowest BCUT2D eigenvalue weighted by Gasteiger charge is -2.24. The second kappa shape index (κ2) is 11.2. The van der Waals surface area contributed by atoms with Crippen LogP contribution in [0.1, 0.15) is 47.5 Å². The summed E-state index contributed by atoms with van der Waals surface area (Å²) in [6.45, 7) is 11.9. The van der Waals surface area contributed by atoms with Gasteiger partial charge in [-0.05, 0) is 48.9 Å². The standard InChI is InChI=1S/C20H32N2O2S/c1-15(2)10-12-22(13-11-16(3)4)20(24)14-25-19-8-6-18(7-9-19)21-17(5)23/h6-9,15-16H,10-14H2,1-5H3,(H,21,23). The van der Waals surface area contributed by atoms with Gasteiger partial charge in [-0.15, -0.1) is 11.8 Å². The van der Waals surface area contributed by atoms with Crippen molar-refractivity contribution in [2.75, 3.05) is 24.2 Å². The molecule has 0 atom stereocenters. The van der Waals surface area contributed by atoms with Gasteiger partial charge in [0.1, 0.15) is 0 Å². The van der Waals surface area contributed by atoms with Crippen LogP contribution in [0.5, 0.6) is 0 Å². The van der Waals surface area contributed by atoms with Crippen molar-refractivity contribution in [3.63, 3.8) is 0 Å². The minimum Gasteiger partial charge on any atom is -0.342 e. The van der Waals surface area contributed by atoms with E-state index in [0.29, 0.717) is 17.6 Å². The number of amides is 2. The maximum atomic E-state index is 12.6. The van der Waals surface area contributed by atoms with Crippen molar-refractivity contribution in [1.82, 2.24) is 4.90 Å². The van der Waals surface area contributed by atoms with Crippen LogP contribution >= 0.6 is 11.8 Å². The van der Waals surface area contributed by atoms with Gasteiger partial charge in [0.25, 0.3) is 0 Å². The lowest BCUT2D eigenvalue weighted by Crippen LogP contribution is -2.35. The molecule has 0 aliphatic carbocycles. The molecule has 0 bridgehead atoms. The molecule has 0 unspecified atom stereocenters. The van der Waals surface area contributed by atoms with Crippen molar-refractivity contribution in [3.8, 4) is 0 Å². The van der Waals surface area contributed by atoms with Crippen molar-refractivity contribution in [2.24, 2.45) is 11.8 Å². The molecule has 0 radical (unpaired) electrons. The number of nitrogens with one attached hydrogen (secondary N) is 1. The van der Waals surface area contributed by atoms with E-state index in [2.05, 4.69) is 33.0 Å². The monoisotopic (exact) mass is 364 g/mol. The average Bonchev–Trinajstić information content (AvgIpc) is 2.53. The molecule has 0 fully saturated rings. The Bertz CT molecular complexity index is 529. The Kier molecular flexibility index (Phi) is 9.65. The molecule has 1 aromatic carbocycles. The van der Waals surface area contributed by atoms with Gasteiger partial charge >= 0.3 is 0 Å². The third-order valence-electron chi connectivity index (χ3n) is 3.84. The summed E-state index contributed by atoms with van der Waals surface area (Å²) in [5, 5.41) is 2.75. The zero-order valence-electron chi connectivity index (χ0n) is 16.2. The van der Waals surface area contributed by atoms with E-state index in [1.54, 1.807) is 11.8 Å². The number of carbonyl (C=O) groups excluding carboxylic acids is 2. The highest BCUT2D eigenvalue weighted by Gasteiger charge is 2.14. The van der Waals surface area contributed by atoms with Crippen molar-refractivity contribution in [3.05, 3.63) is 24.3 Å². The number of thioether (sulfide) groups is 1. The number of anilines is 1. The molecule has 1 rings (SSSR count). The fourth-order valence-corrected chi connectivity index (χ4v) is 3.06. The SMILES string of the molecule is CC(=O)Nc1ccc(SCC(=O)N(CCC(C)C)CCC(C)C)cc1. The number of carbonyl (C=O) groups is 2. The molecule has 4 nitrogen and oxygen atoms in total. The van der Waals surface area contributed by atoms with Gasteiger partial charge in [-0.1, -0.05) is 27.7 Å². The van der Waals surface area contributed by atoms with E-state index in [4.69, 9.17) is 0 Å². The Hall–Kier alpha value is -1.49. The summed E-state index contributed by atoms with van der Waals surface area (Å²) in [6.07, 6.45) is 2.08. The molecule has 0 saturated heterocycles. The van der Waals surface area contributed by atoms with E-state index in [-0.39, 0.29) is 11.8 Å². The maximum absolute atomic E-state index is 12.6. The summed E-state index contributed by atoms with van der Waals surface area (Å²) in [7, 11) is 0. The van der Waals surface area contributed by atoms with Gasteiger partial charge in [0.05, 0.1) is 5.75 Å². The molecule has 2 amide bonds. The minimum atomic E-state index is -0.0819. The van der Waals surface area contributed by atoms with E-state index in [1.807, 2.05) is 29.2 Å². The van der Waals surface area contributed by atoms with Gasteiger partial charge in [-0.2, -0.15) is 0 Å². The smallest absolute Gasteiger partial charge is 0.232 e. The zero-order chi connectivity index (χ0) is 18.8. The topological polar surface area (TPSA) is 49.4 Å². The number of benzene rings is 1. The van der Waals surface area contributed by atoms with Crippen LogP contribution in [0, 0.1) is 11.8 Å². The first kappa shape index (κ1) is 21.6. The van der Waals surface area contributed by atoms with Crippen LogP contribution in [0.25, 0.3) is 0 Å². The lowest BCUT2D eigenvalue weighted by atomic mass is 10.1. The third-order valence-corrected chi connectivity index (χ3v) is 4.84. The molecule has 1 N–H and O–H groups in total. The molecule has 0 aromatic heterocycles. The van der Waals surface area contributed by atoms with Crippen LogP contribution in [-0.4, -0.2) is 35.6 Å². The highest BCUT2D eigenvalue weighted by molar-refractivity contribution is 8.00. The van der Waals surface area contributed by atoms with Gasteiger partial charge in [0.2, 0.25) is 11.8 Å². The molecular formula is C20H32N2O2S. The van der Waals surface area contributed by atoms with Gasteiger partial charge < -0.3 is 10.2 Å². The average molecular weight is 365 g/mol. The van der Waals surface area contributed by atoms with Crippen molar-refractivity contribution in [1.29, 1.82) is 0 Å². The van der Waals surface area contributed by atoms with Crippen LogP contribution in [0.2, 0.25) is 0 Å². The number of nitrogens with zero attached hydrogens (tertiary/aromatic N) is 1. The Morgan fingerprint density at radius 3 is 1.96 bits per heavy atom. The second-order valence-corrected chi connectivity index (χ2v) is 8.29. The van der Waals surface area contributed by atoms with Gasteiger partial charge in [0.15, 0.2) is 0 Å². The summed E-state index contributed by atoms with van der Waals surface area (Å²) in [4.78, 5) is 26.7. The van der Waals surface area contributed by atoms with Crippen molar-refractivity contribution < 1.29 is 9.59 Å². The summed E-state index contributed by atoms with van der Waals surface area (Å²) < 4.78 is 0. The molecule has 140 valence electrons. The number of hydrogen-bond acceptors (Lipinski definition) is 3. The van der Waals surface area contributed by atoms with Gasteiger partial charge in [0, 0.05) is 30.6 Å². The van der Waals surface area contributed by atoms with E-state index in [9.17, 15) is 9.59 Å². The first-order valence-electron chi connectivity index (χ1n) is 9.06.